The van der Waals surface area contributed by atoms with Crippen LogP contribution in [0.5, 0.6) is 5.75 Å². The predicted molar refractivity (Wildman–Crippen MR) is 106 cm³/mol. The molecule has 2 aromatic rings. The fourth-order valence-electron chi connectivity index (χ4n) is 3.85. The highest BCUT2D eigenvalue weighted by Crippen LogP contribution is 2.42. The van der Waals surface area contributed by atoms with Crippen molar-refractivity contribution in [3.8, 4) is 5.75 Å². The molecule has 1 saturated carbocycles. The number of halogens is 1. The van der Waals surface area contributed by atoms with Crippen molar-refractivity contribution >= 4 is 28.8 Å². The van der Waals surface area contributed by atoms with Crippen LogP contribution in [0.25, 0.3) is 0 Å². The second kappa shape index (κ2) is 6.85. The summed E-state index contributed by atoms with van der Waals surface area (Å²) >= 11 is 5.67. The molecule has 0 aromatic heterocycles. The van der Waals surface area contributed by atoms with E-state index in [4.69, 9.17) is 21.9 Å². The normalized spacial score (nSPS) is 18.1. The Morgan fingerprint density at radius 3 is 2.52 bits per heavy atom. The fraction of sp³-hybridized carbons (Fsp3) is 0.286. The maximum atomic E-state index is 13.6. The molecule has 1 aliphatic heterocycles. The summed E-state index contributed by atoms with van der Waals surface area (Å²) in [4.78, 5) is 20.1. The monoisotopic (exact) mass is 382 g/mol. The van der Waals surface area contributed by atoms with Crippen LogP contribution in [0.1, 0.15) is 41.6 Å². The number of nitrogens with zero attached hydrogens (tertiary/aromatic N) is 2. The third kappa shape index (κ3) is 3.04. The largest absolute Gasteiger partial charge is 0.497 e. The molecule has 0 atom stereocenters. The first-order valence-electron chi connectivity index (χ1n) is 8.93. The van der Waals surface area contributed by atoms with E-state index in [0.29, 0.717) is 10.7 Å². The van der Waals surface area contributed by atoms with Gasteiger partial charge in [0.2, 0.25) is 0 Å². The van der Waals surface area contributed by atoms with Crippen LogP contribution in [0.4, 0.5) is 4.39 Å². The van der Waals surface area contributed by atoms with Crippen molar-refractivity contribution < 1.29 is 13.9 Å². The lowest BCUT2D eigenvalue weighted by atomic mass is 10.1. The van der Waals surface area contributed by atoms with Crippen LogP contribution in [-0.2, 0) is 0 Å². The number of rotatable bonds is 3. The molecular formula is C21H19FN2O2S. The van der Waals surface area contributed by atoms with Gasteiger partial charge in [0.15, 0.2) is 0 Å². The number of methoxy groups -OCH3 is 1. The molecule has 4 rings (SSSR count). The van der Waals surface area contributed by atoms with Crippen LogP contribution in [-0.4, -0.2) is 34.3 Å². The van der Waals surface area contributed by atoms with E-state index in [1.54, 1.807) is 18.1 Å². The highest BCUT2D eigenvalue weighted by Gasteiger charge is 2.50. The minimum Gasteiger partial charge on any atom is -0.497 e. The van der Waals surface area contributed by atoms with Crippen LogP contribution in [0.3, 0.4) is 0 Å². The van der Waals surface area contributed by atoms with Crippen molar-refractivity contribution in [2.45, 2.75) is 31.3 Å². The molecular weight excluding hydrogens is 363 g/mol. The first-order chi connectivity index (χ1) is 13.0. The Kier molecular flexibility index (Phi) is 4.52. The second-order valence-corrected chi connectivity index (χ2v) is 7.22. The minimum absolute atomic E-state index is 0.287. The molecule has 6 heteroatoms. The molecule has 1 fully saturated rings. The summed E-state index contributed by atoms with van der Waals surface area (Å²) < 4.78 is 18.9. The zero-order valence-corrected chi connectivity index (χ0v) is 15.8. The van der Waals surface area contributed by atoms with E-state index in [0.717, 1.165) is 37.0 Å². The van der Waals surface area contributed by atoms with Gasteiger partial charge in [0.05, 0.1) is 7.11 Å². The van der Waals surface area contributed by atoms with Crippen LogP contribution in [0.15, 0.2) is 53.5 Å². The number of hydrogen-bond donors (Lipinski definition) is 0. The summed E-state index contributed by atoms with van der Waals surface area (Å²) in [5.74, 6) is 0.00272. The Balaban J connectivity index is 1.74. The third-order valence-electron chi connectivity index (χ3n) is 5.18. The molecule has 0 radical (unpaired) electrons. The molecule has 1 amide bonds. The number of aliphatic imine (C=N–C) groups is 1. The Hall–Kier alpha value is -2.60. The van der Waals surface area contributed by atoms with Gasteiger partial charge in [-0.25, -0.2) is 4.39 Å². The topological polar surface area (TPSA) is 41.9 Å². The Morgan fingerprint density at radius 2 is 1.89 bits per heavy atom. The molecule has 0 saturated heterocycles. The minimum atomic E-state index is -0.657. The van der Waals surface area contributed by atoms with Crippen molar-refractivity contribution in [2.24, 2.45) is 4.99 Å². The van der Waals surface area contributed by atoms with E-state index >= 15 is 0 Å². The molecule has 0 bridgehead atoms. The number of carbonyl (C=O) groups is 1. The maximum Gasteiger partial charge on any atom is 0.261 e. The van der Waals surface area contributed by atoms with Gasteiger partial charge < -0.3 is 4.74 Å². The van der Waals surface area contributed by atoms with Crippen LogP contribution >= 0.6 is 12.2 Å². The molecule has 0 unspecified atom stereocenters. The average Bonchev–Trinajstić information content (AvgIpc) is 3.26. The number of carbonyl (C=O) groups excluding carboxylic acids is 1. The van der Waals surface area contributed by atoms with Gasteiger partial charge in [-0.15, -0.1) is 0 Å². The molecule has 27 heavy (non-hydrogen) atoms. The first kappa shape index (κ1) is 17.8. The number of amides is 1. The van der Waals surface area contributed by atoms with Gasteiger partial charge in [-0.3, -0.25) is 14.7 Å². The highest BCUT2D eigenvalue weighted by molar-refractivity contribution is 7.82. The van der Waals surface area contributed by atoms with E-state index < -0.39 is 11.5 Å². The molecule has 1 spiro atoms. The fourth-order valence-corrected chi connectivity index (χ4v) is 4.26. The Labute approximate surface area is 162 Å². The highest BCUT2D eigenvalue weighted by atomic mass is 32.1. The molecule has 2 aliphatic rings. The van der Waals surface area contributed by atoms with Gasteiger partial charge in [-0.05, 0) is 68.1 Å². The number of ether oxygens (including phenoxy) is 1. The van der Waals surface area contributed by atoms with E-state index in [1.807, 2.05) is 24.3 Å². The standard InChI is InChI=1S/C21H19FN2O2S/c1-26-17-9-7-14(8-10-17)18-20(27)24(21(23-18)11-2-3-12-21)19(25)15-5-4-6-16(22)13-15/h4-10,13H,2-3,11-12H2,1H3. The van der Waals surface area contributed by atoms with E-state index in [-0.39, 0.29) is 11.5 Å². The lowest BCUT2D eigenvalue weighted by Crippen LogP contribution is -2.48. The van der Waals surface area contributed by atoms with Crippen LogP contribution < -0.4 is 4.74 Å². The third-order valence-corrected chi connectivity index (χ3v) is 5.56. The Morgan fingerprint density at radius 1 is 1.19 bits per heavy atom. The van der Waals surface area contributed by atoms with Crippen molar-refractivity contribution in [3.05, 3.63) is 65.5 Å². The molecule has 2 aromatic carbocycles. The number of benzene rings is 2. The lowest BCUT2D eigenvalue weighted by Gasteiger charge is -2.32. The molecule has 138 valence electrons. The van der Waals surface area contributed by atoms with Crippen molar-refractivity contribution in [3.63, 3.8) is 0 Å². The lowest BCUT2D eigenvalue weighted by molar-refractivity contribution is 0.0724. The summed E-state index contributed by atoms with van der Waals surface area (Å²) in [7, 11) is 1.61. The van der Waals surface area contributed by atoms with Gasteiger partial charge >= 0.3 is 0 Å². The van der Waals surface area contributed by atoms with Gasteiger partial charge in [-0.1, -0.05) is 18.3 Å². The van der Waals surface area contributed by atoms with Crippen molar-refractivity contribution in [1.82, 2.24) is 4.90 Å². The quantitative estimate of drug-likeness (QED) is 0.740. The molecule has 0 N–H and O–H groups in total. The smallest absolute Gasteiger partial charge is 0.261 e. The van der Waals surface area contributed by atoms with Crippen molar-refractivity contribution in [2.75, 3.05) is 7.11 Å². The predicted octanol–water partition coefficient (Wildman–Crippen LogP) is 4.38. The van der Waals surface area contributed by atoms with Gasteiger partial charge in [0.1, 0.15) is 27.9 Å². The average molecular weight is 382 g/mol. The number of thiocarbonyl (C=S) groups is 1. The van der Waals surface area contributed by atoms with E-state index in [2.05, 4.69) is 0 Å². The van der Waals surface area contributed by atoms with Crippen molar-refractivity contribution in [1.29, 1.82) is 0 Å². The maximum absolute atomic E-state index is 13.6. The SMILES string of the molecule is COc1ccc(C2=NC3(CCCC3)N(C(=O)c3cccc(F)c3)C2=S)cc1. The summed E-state index contributed by atoms with van der Waals surface area (Å²) in [6.07, 6.45) is 3.48. The summed E-state index contributed by atoms with van der Waals surface area (Å²) in [6, 6.07) is 13.2. The van der Waals surface area contributed by atoms with E-state index in [9.17, 15) is 9.18 Å². The van der Waals surface area contributed by atoms with Crippen LogP contribution in [0.2, 0.25) is 0 Å². The zero-order chi connectivity index (χ0) is 19.0. The second-order valence-electron chi connectivity index (χ2n) is 6.83. The van der Waals surface area contributed by atoms with Crippen LogP contribution in [0, 0.1) is 5.82 Å². The molecule has 1 heterocycles. The van der Waals surface area contributed by atoms with Gasteiger partial charge in [-0.2, -0.15) is 0 Å². The summed E-state index contributed by atoms with van der Waals surface area (Å²) in [5.41, 5.74) is 1.12. The van der Waals surface area contributed by atoms with Gasteiger partial charge in [0, 0.05) is 11.1 Å². The summed E-state index contributed by atoms with van der Waals surface area (Å²) in [6.45, 7) is 0. The van der Waals surface area contributed by atoms with Gasteiger partial charge in [0.25, 0.3) is 5.91 Å². The molecule has 1 aliphatic carbocycles. The summed E-state index contributed by atoms with van der Waals surface area (Å²) in [5, 5.41) is 0. The molecule has 4 nitrogen and oxygen atoms in total. The van der Waals surface area contributed by atoms with E-state index in [1.165, 1.54) is 18.2 Å². The zero-order valence-electron chi connectivity index (χ0n) is 14.9. The Bertz CT molecular complexity index is 933. The number of hydrogen-bond acceptors (Lipinski definition) is 4. The first-order valence-corrected chi connectivity index (χ1v) is 9.34.